The lowest BCUT2D eigenvalue weighted by molar-refractivity contribution is 0.806. The number of aromatic nitrogens is 4. The molecule has 0 fully saturated rings. The largest absolute Gasteiger partial charge is 0.382 e. The van der Waals surface area contributed by atoms with E-state index in [1.807, 2.05) is 43.3 Å². The Balaban J connectivity index is 2.12. The van der Waals surface area contributed by atoms with Crippen LogP contribution in [0.15, 0.2) is 48.8 Å². The quantitative estimate of drug-likeness (QED) is 0.758. The number of aryl methyl sites for hydroxylation is 1. The third-order valence-electron chi connectivity index (χ3n) is 3.00. The first-order valence-electron chi connectivity index (χ1n) is 5.95. The summed E-state index contributed by atoms with van der Waals surface area (Å²) in [6, 6.07) is 11.6. The topological polar surface area (TPSA) is 69.6 Å². The van der Waals surface area contributed by atoms with Gasteiger partial charge in [0.2, 0.25) is 0 Å². The fraction of sp³-hybridized carbons (Fsp3) is 0.0714. The molecule has 3 aromatic rings. The number of nitrogens with zero attached hydrogens (tertiary/aromatic N) is 4. The van der Waals surface area contributed by atoms with Gasteiger partial charge in [-0.25, -0.2) is 0 Å². The zero-order chi connectivity index (χ0) is 13.2. The van der Waals surface area contributed by atoms with Crippen LogP contribution in [0.4, 0.5) is 5.82 Å². The van der Waals surface area contributed by atoms with E-state index in [9.17, 15) is 0 Å². The van der Waals surface area contributed by atoms with Gasteiger partial charge in [0.15, 0.2) is 5.82 Å². The van der Waals surface area contributed by atoms with Gasteiger partial charge < -0.3 is 5.73 Å². The fourth-order valence-electron chi connectivity index (χ4n) is 1.98. The molecule has 2 heterocycles. The standard InChI is InChI=1S/C14H13N5/c1-10-4-2-3-5-12(10)19-14(15)13(17-18-19)11-6-8-16-9-7-11/h2-9H,15H2,1H3. The summed E-state index contributed by atoms with van der Waals surface area (Å²) in [6.45, 7) is 2.02. The zero-order valence-corrected chi connectivity index (χ0v) is 10.5. The highest BCUT2D eigenvalue weighted by atomic mass is 15.5. The Morgan fingerprint density at radius 3 is 2.53 bits per heavy atom. The molecule has 0 amide bonds. The summed E-state index contributed by atoms with van der Waals surface area (Å²) in [5.74, 6) is 0.528. The minimum atomic E-state index is 0.528. The van der Waals surface area contributed by atoms with Gasteiger partial charge >= 0.3 is 0 Å². The van der Waals surface area contributed by atoms with Gasteiger partial charge in [-0.3, -0.25) is 4.98 Å². The molecule has 0 unspecified atom stereocenters. The Kier molecular flexibility index (Phi) is 2.72. The van der Waals surface area contributed by atoms with E-state index in [2.05, 4.69) is 15.3 Å². The smallest absolute Gasteiger partial charge is 0.155 e. The van der Waals surface area contributed by atoms with E-state index in [0.29, 0.717) is 11.5 Å². The van der Waals surface area contributed by atoms with Crippen LogP contribution in [-0.2, 0) is 0 Å². The van der Waals surface area contributed by atoms with Gasteiger partial charge in [-0.1, -0.05) is 23.4 Å². The maximum absolute atomic E-state index is 6.15. The van der Waals surface area contributed by atoms with Crippen molar-refractivity contribution in [1.82, 2.24) is 20.0 Å². The Hall–Kier alpha value is -2.69. The van der Waals surface area contributed by atoms with Crippen LogP contribution in [0.1, 0.15) is 5.56 Å². The molecule has 2 N–H and O–H groups in total. The van der Waals surface area contributed by atoms with Crippen LogP contribution < -0.4 is 5.73 Å². The monoisotopic (exact) mass is 251 g/mol. The van der Waals surface area contributed by atoms with E-state index in [1.54, 1.807) is 17.1 Å². The fourth-order valence-corrected chi connectivity index (χ4v) is 1.98. The predicted molar refractivity (Wildman–Crippen MR) is 73.7 cm³/mol. The third kappa shape index (κ3) is 1.95. The van der Waals surface area contributed by atoms with Gasteiger partial charge in [-0.05, 0) is 30.7 Å². The Labute approximate surface area is 110 Å². The van der Waals surface area contributed by atoms with Crippen molar-refractivity contribution < 1.29 is 0 Å². The highest BCUT2D eigenvalue weighted by Gasteiger charge is 2.13. The second-order valence-corrected chi connectivity index (χ2v) is 4.26. The van der Waals surface area contributed by atoms with Gasteiger partial charge in [-0.15, -0.1) is 5.10 Å². The minimum absolute atomic E-state index is 0.528. The molecule has 0 saturated carbocycles. The van der Waals surface area contributed by atoms with Crippen LogP contribution in [0.3, 0.4) is 0 Å². The highest BCUT2D eigenvalue weighted by Crippen LogP contribution is 2.25. The van der Waals surface area contributed by atoms with Crippen LogP contribution in [0, 0.1) is 6.92 Å². The summed E-state index contributed by atoms with van der Waals surface area (Å²) >= 11 is 0. The SMILES string of the molecule is Cc1ccccc1-n1nnc(-c2ccncc2)c1N. The number of rotatable bonds is 2. The molecule has 0 aliphatic carbocycles. The second-order valence-electron chi connectivity index (χ2n) is 4.26. The molecule has 5 heteroatoms. The number of benzene rings is 1. The molecule has 5 nitrogen and oxygen atoms in total. The van der Waals surface area contributed by atoms with Crippen LogP contribution in [-0.4, -0.2) is 20.0 Å². The number of nitrogens with two attached hydrogens (primary N) is 1. The third-order valence-corrected chi connectivity index (χ3v) is 3.00. The van der Waals surface area contributed by atoms with Crippen LogP contribution in [0.25, 0.3) is 16.9 Å². The van der Waals surface area contributed by atoms with E-state index in [-0.39, 0.29) is 0 Å². The average molecular weight is 251 g/mol. The van der Waals surface area contributed by atoms with Crippen molar-refractivity contribution in [3.63, 3.8) is 0 Å². The minimum Gasteiger partial charge on any atom is -0.382 e. The van der Waals surface area contributed by atoms with Gasteiger partial charge in [0.25, 0.3) is 0 Å². The number of anilines is 1. The summed E-state index contributed by atoms with van der Waals surface area (Å²) in [5.41, 5.74) is 9.77. The number of pyridine rings is 1. The van der Waals surface area contributed by atoms with E-state index in [1.165, 1.54) is 0 Å². The van der Waals surface area contributed by atoms with Gasteiger partial charge in [0.05, 0.1) is 5.69 Å². The maximum atomic E-state index is 6.15. The summed E-state index contributed by atoms with van der Waals surface area (Å²) in [5, 5.41) is 8.31. The molecule has 1 aromatic carbocycles. The van der Waals surface area contributed by atoms with Crippen molar-refractivity contribution in [1.29, 1.82) is 0 Å². The molecule has 0 aliphatic heterocycles. The maximum Gasteiger partial charge on any atom is 0.155 e. The molecule has 0 radical (unpaired) electrons. The molecule has 19 heavy (non-hydrogen) atoms. The molecular formula is C14H13N5. The van der Waals surface area contributed by atoms with Crippen molar-refractivity contribution in [2.24, 2.45) is 0 Å². The lowest BCUT2D eigenvalue weighted by Crippen LogP contribution is -2.03. The number of hydrogen-bond acceptors (Lipinski definition) is 4. The lowest BCUT2D eigenvalue weighted by Gasteiger charge is -2.06. The molecule has 94 valence electrons. The van der Waals surface area contributed by atoms with Crippen molar-refractivity contribution in [3.05, 3.63) is 54.4 Å². The van der Waals surface area contributed by atoms with Crippen LogP contribution in [0.5, 0.6) is 0 Å². The molecule has 0 saturated heterocycles. The Morgan fingerprint density at radius 1 is 1.05 bits per heavy atom. The summed E-state index contributed by atoms with van der Waals surface area (Å²) in [4.78, 5) is 3.98. The molecular weight excluding hydrogens is 238 g/mol. The summed E-state index contributed by atoms with van der Waals surface area (Å²) in [6.07, 6.45) is 3.42. The molecule has 0 spiro atoms. The molecule has 0 atom stereocenters. The first-order chi connectivity index (χ1) is 9.27. The van der Waals surface area contributed by atoms with Crippen molar-refractivity contribution >= 4 is 5.82 Å². The first kappa shape index (κ1) is 11.4. The van der Waals surface area contributed by atoms with Crippen molar-refractivity contribution in [2.75, 3.05) is 5.73 Å². The molecule has 3 rings (SSSR count). The number of para-hydroxylation sites is 1. The highest BCUT2D eigenvalue weighted by molar-refractivity contribution is 5.70. The lowest BCUT2D eigenvalue weighted by atomic mass is 10.2. The van der Waals surface area contributed by atoms with Gasteiger partial charge in [0.1, 0.15) is 5.69 Å². The van der Waals surface area contributed by atoms with Gasteiger partial charge in [0, 0.05) is 18.0 Å². The molecule has 2 aromatic heterocycles. The first-order valence-corrected chi connectivity index (χ1v) is 5.95. The number of hydrogen-bond donors (Lipinski definition) is 1. The van der Waals surface area contributed by atoms with E-state index < -0.39 is 0 Å². The van der Waals surface area contributed by atoms with E-state index >= 15 is 0 Å². The van der Waals surface area contributed by atoms with Gasteiger partial charge in [-0.2, -0.15) is 4.68 Å². The van der Waals surface area contributed by atoms with Crippen LogP contribution in [0.2, 0.25) is 0 Å². The summed E-state index contributed by atoms with van der Waals surface area (Å²) in [7, 11) is 0. The molecule has 0 bridgehead atoms. The van der Waals surface area contributed by atoms with E-state index in [4.69, 9.17) is 5.73 Å². The van der Waals surface area contributed by atoms with E-state index in [0.717, 1.165) is 16.8 Å². The normalized spacial score (nSPS) is 10.6. The summed E-state index contributed by atoms with van der Waals surface area (Å²) < 4.78 is 1.66. The number of nitrogen functional groups attached to an aromatic ring is 1. The Morgan fingerprint density at radius 2 is 1.79 bits per heavy atom. The Bertz CT molecular complexity index is 703. The zero-order valence-electron chi connectivity index (χ0n) is 10.5. The average Bonchev–Trinajstić information content (AvgIpc) is 2.82. The second kappa shape index (κ2) is 4.53. The van der Waals surface area contributed by atoms with Crippen molar-refractivity contribution in [2.45, 2.75) is 6.92 Å². The van der Waals surface area contributed by atoms with Crippen molar-refractivity contribution in [3.8, 4) is 16.9 Å². The predicted octanol–water partition coefficient (Wildman–Crippen LogP) is 2.22. The van der Waals surface area contributed by atoms with Crippen LogP contribution >= 0.6 is 0 Å². The molecule has 0 aliphatic rings.